The molecule has 0 aromatic carbocycles. The van der Waals surface area contributed by atoms with Gasteiger partial charge in [0.25, 0.3) is 0 Å². The third kappa shape index (κ3) is 1.53. The lowest BCUT2D eigenvalue weighted by atomic mass is 10.4. The number of hydrogen-bond donors (Lipinski definition) is 0. The van der Waals surface area contributed by atoms with E-state index >= 15 is 0 Å². The number of halogens is 2. The summed E-state index contributed by atoms with van der Waals surface area (Å²) in [6, 6.07) is 2.70. The van der Waals surface area contributed by atoms with Crippen LogP contribution in [0.1, 0.15) is 5.56 Å². The van der Waals surface area contributed by atoms with E-state index in [-0.39, 0.29) is 5.15 Å². The number of hydrogen-bond acceptors (Lipinski definition) is 2. The SMILES string of the molecule is Cc1[c]c(Cl)nnc1Cl. The first kappa shape index (κ1) is 6.78. The molecule has 0 aliphatic heterocycles. The Labute approximate surface area is 62.8 Å². The van der Waals surface area contributed by atoms with Gasteiger partial charge in [-0.2, -0.15) is 0 Å². The Balaban J connectivity index is 3.17. The van der Waals surface area contributed by atoms with E-state index in [4.69, 9.17) is 23.2 Å². The summed E-state index contributed by atoms with van der Waals surface area (Å²) in [6.07, 6.45) is 0. The van der Waals surface area contributed by atoms with Crippen molar-refractivity contribution in [2.45, 2.75) is 6.92 Å². The summed E-state index contributed by atoms with van der Waals surface area (Å²) in [7, 11) is 0. The molecule has 0 fully saturated rings. The summed E-state index contributed by atoms with van der Waals surface area (Å²) >= 11 is 10.9. The van der Waals surface area contributed by atoms with Crippen LogP contribution in [-0.4, -0.2) is 10.2 Å². The molecule has 1 heterocycles. The fourth-order valence-electron chi connectivity index (χ4n) is 0.394. The molecule has 0 atom stereocenters. The maximum atomic E-state index is 5.52. The molecule has 0 saturated carbocycles. The molecule has 1 rings (SSSR count). The lowest BCUT2D eigenvalue weighted by Gasteiger charge is -1.91. The van der Waals surface area contributed by atoms with Gasteiger partial charge in [0.1, 0.15) is 0 Å². The van der Waals surface area contributed by atoms with Gasteiger partial charge in [-0.15, -0.1) is 10.2 Å². The molecule has 47 valence electrons. The summed E-state index contributed by atoms with van der Waals surface area (Å²) in [4.78, 5) is 0. The average Bonchev–Trinajstić information content (AvgIpc) is 1.80. The quantitative estimate of drug-likeness (QED) is 0.582. The predicted molar refractivity (Wildman–Crippen MR) is 35.6 cm³/mol. The molecule has 0 amide bonds. The fraction of sp³-hybridized carbons (Fsp3) is 0.200. The first-order chi connectivity index (χ1) is 4.20. The van der Waals surface area contributed by atoms with Crippen LogP contribution in [0.25, 0.3) is 0 Å². The van der Waals surface area contributed by atoms with Crippen molar-refractivity contribution in [1.82, 2.24) is 10.2 Å². The van der Waals surface area contributed by atoms with Crippen LogP contribution in [0.3, 0.4) is 0 Å². The molecule has 4 heteroatoms. The highest BCUT2D eigenvalue weighted by atomic mass is 35.5. The summed E-state index contributed by atoms with van der Waals surface area (Å²) in [5, 5.41) is 7.59. The van der Waals surface area contributed by atoms with Crippen LogP contribution in [0.15, 0.2) is 0 Å². The molecule has 0 unspecified atom stereocenters. The van der Waals surface area contributed by atoms with Gasteiger partial charge < -0.3 is 0 Å². The minimum atomic E-state index is 0.247. The highest BCUT2D eigenvalue weighted by Crippen LogP contribution is 2.11. The molecule has 0 aliphatic rings. The van der Waals surface area contributed by atoms with Crippen LogP contribution in [0.2, 0.25) is 10.3 Å². The average molecular weight is 162 g/mol. The molecule has 9 heavy (non-hydrogen) atoms. The van der Waals surface area contributed by atoms with Crippen molar-refractivity contribution in [1.29, 1.82) is 0 Å². The van der Waals surface area contributed by atoms with E-state index in [1.165, 1.54) is 0 Å². The highest BCUT2D eigenvalue weighted by Gasteiger charge is 1.96. The summed E-state index contributed by atoms with van der Waals surface area (Å²) in [6.45, 7) is 1.77. The standard InChI is InChI=1S/C5H3Cl2N2/c1-3-2-4(6)8-9-5(3)7/h1H3. The minimum absolute atomic E-state index is 0.247. The van der Waals surface area contributed by atoms with E-state index in [0.29, 0.717) is 5.15 Å². The Hall–Kier alpha value is -0.340. The van der Waals surface area contributed by atoms with E-state index in [1.54, 1.807) is 6.92 Å². The molecule has 0 spiro atoms. The summed E-state index contributed by atoms with van der Waals surface area (Å²) in [5.74, 6) is 0. The Morgan fingerprint density at radius 3 is 2.44 bits per heavy atom. The molecule has 1 aromatic rings. The third-order valence-electron chi connectivity index (χ3n) is 0.826. The van der Waals surface area contributed by atoms with Crippen molar-refractivity contribution in [2.75, 3.05) is 0 Å². The smallest absolute Gasteiger partial charge is 0.137 e. The lowest BCUT2D eigenvalue weighted by Crippen LogP contribution is -1.85. The Morgan fingerprint density at radius 2 is 2.00 bits per heavy atom. The van der Waals surface area contributed by atoms with Crippen LogP contribution >= 0.6 is 23.2 Å². The van der Waals surface area contributed by atoms with E-state index < -0.39 is 0 Å². The van der Waals surface area contributed by atoms with Crippen molar-refractivity contribution < 1.29 is 0 Å². The zero-order valence-corrected chi connectivity index (χ0v) is 6.16. The van der Waals surface area contributed by atoms with Crippen LogP contribution in [0.4, 0.5) is 0 Å². The normalized spacial score (nSPS) is 9.67. The Kier molecular flexibility index (Phi) is 1.88. The first-order valence-corrected chi connectivity index (χ1v) is 3.03. The molecule has 0 N–H and O–H groups in total. The van der Waals surface area contributed by atoms with E-state index in [0.717, 1.165) is 5.56 Å². The zero-order chi connectivity index (χ0) is 6.85. The predicted octanol–water partition coefficient (Wildman–Crippen LogP) is 1.89. The van der Waals surface area contributed by atoms with Gasteiger partial charge in [0.15, 0.2) is 10.3 Å². The second-order valence-corrected chi connectivity index (χ2v) is 2.25. The van der Waals surface area contributed by atoms with Crippen molar-refractivity contribution in [3.8, 4) is 0 Å². The van der Waals surface area contributed by atoms with Gasteiger partial charge in [0.2, 0.25) is 0 Å². The van der Waals surface area contributed by atoms with E-state index in [9.17, 15) is 0 Å². The van der Waals surface area contributed by atoms with Gasteiger partial charge in [-0.25, -0.2) is 0 Å². The highest BCUT2D eigenvalue weighted by molar-refractivity contribution is 6.31. The Morgan fingerprint density at radius 1 is 1.33 bits per heavy atom. The monoisotopic (exact) mass is 161 g/mol. The second-order valence-electron chi connectivity index (χ2n) is 1.53. The van der Waals surface area contributed by atoms with Crippen molar-refractivity contribution in [3.63, 3.8) is 0 Å². The molecule has 1 radical (unpaired) electrons. The molecule has 0 aliphatic carbocycles. The Bertz CT molecular complexity index is 224. The summed E-state index contributed by atoms with van der Waals surface area (Å²) < 4.78 is 0. The second kappa shape index (κ2) is 2.50. The molecule has 1 aromatic heterocycles. The fourth-order valence-corrected chi connectivity index (χ4v) is 0.659. The van der Waals surface area contributed by atoms with Crippen molar-refractivity contribution in [3.05, 3.63) is 21.9 Å². The molecular formula is C5H3Cl2N2. The van der Waals surface area contributed by atoms with Crippen LogP contribution in [0, 0.1) is 13.0 Å². The third-order valence-corrected chi connectivity index (χ3v) is 1.35. The van der Waals surface area contributed by atoms with Gasteiger partial charge in [0, 0.05) is 6.07 Å². The number of aryl methyl sites for hydroxylation is 1. The van der Waals surface area contributed by atoms with Crippen LogP contribution in [0.5, 0.6) is 0 Å². The zero-order valence-electron chi connectivity index (χ0n) is 4.65. The maximum Gasteiger partial charge on any atom is 0.160 e. The van der Waals surface area contributed by atoms with Gasteiger partial charge in [0.05, 0.1) is 0 Å². The van der Waals surface area contributed by atoms with Crippen LogP contribution in [-0.2, 0) is 0 Å². The van der Waals surface area contributed by atoms with Gasteiger partial charge in [-0.1, -0.05) is 23.2 Å². The van der Waals surface area contributed by atoms with Gasteiger partial charge in [-0.3, -0.25) is 0 Å². The van der Waals surface area contributed by atoms with Crippen LogP contribution < -0.4 is 0 Å². The number of nitrogens with zero attached hydrogens (tertiary/aromatic N) is 2. The lowest BCUT2D eigenvalue weighted by molar-refractivity contribution is 1.01. The molecular weight excluding hydrogens is 159 g/mol. The first-order valence-electron chi connectivity index (χ1n) is 2.28. The summed E-state index contributed by atoms with van der Waals surface area (Å²) in [5.41, 5.74) is 0.719. The minimum Gasteiger partial charge on any atom is -0.137 e. The van der Waals surface area contributed by atoms with E-state index in [2.05, 4.69) is 16.3 Å². The molecule has 0 saturated heterocycles. The van der Waals surface area contributed by atoms with E-state index in [1.807, 2.05) is 0 Å². The van der Waals surface area contributed by atoms with Gasteiger partial charge in [-0.05, 0) is 12.5 Å². The number of aromatic nitrogens is 2. The largest absolute Gasteiger partial charge is 0.160 e. The molecule has 2 nitrogen and oxygen atoms in total. The molecule has 0 bridgehead atoms. The van der Waals surface area contributed by atoms with Crippen molar-refractivity contribution in [2.24, 2.45) is 0 Å². The van der Waals surface area contributed by atoms with Gasteiger partial charge >= 0.3 is 0 Å². The number of rotatable bonds is 0. The topological polar surface area (TPSA) is 25.8 Å². The van der Waals surface area contributed by atoms with Crippen molar-refractivity contribution >= 4 is 23.2 Å². The maximum absolute atomic E-state index is 5.52.